The van der Waals surface area contributed by atoms with Crippen molar-refractivity contribution >= 4 is 38.3 Å². The van der Waals surface area contributed by atoms with E-state index in [0.717, 1.165) is 11.3 Å². The van der Waals surface area contributed by atoms with Gasteiger partial charge in [-0.3, -0.25) is 14.9 Å². The van der Waals surface area contributed by atoms with Gasteiger partial charge in [0.1, 0.15) is 4.70 Å². The lowest BCUT2D eigenvalue weighted by Gasteiger charge is -1.91. The molecule has 1 amide bonds. The lowest BCUT2D eigenvalue weighted by Crippen LogP contribution is -2.04. The second-order valence-corrected chi connectivity index (χ2v) is 4.08. The number of thiazole rings is 1. The molecule has 0 aliphatic carbocycles. The maximum Gasteiger partial charge on any atom is 0.288 e. The smallest absolute Gasteiger partial charge is 0.288 e. The Morgan fingerprint density at radius 2 is 2.31 bits per heavy atom. The number of carbonyl (C=O) groups excluding carboxylic acids is 1. The zero-order chi connectivity index (χ0) is 11.7. The van der Waals surface area contributed by atoms with Gasteiger partial charge >= 0.3 is 0 Å². The number of amides is 1. The molecule has 16 heavy (non-hydrogen) atoms. The Bertz CT molecular complexity index is 578. The first-order valence-corrected chi connectivity index (χ1v) is 5.21. The molecule has 6 nitrogen and oxygen atoms in total. The second kappa shape index (κ2) is 3.86. The number of anilines is 1. The molecule has 0 saturated carbocycles. The molecule has 0 saturated heterocycles. The number of fused-ring (bicyclic) bond motifs is 1. The van der Waals surface area contributed by atoms with Gasteiger partial charge in [-0.2, -0.15) is 0 Å². The van der Waals surface area contributed by atoms with Gasteiger partial charge in [-0.05, 0) is 6.07 Å². The third kappa shape index (κ3) is 1.84. The molecule has 0 aliphatic rings. The largest absolute Gasteiger partial charge is 0.302 e. The van der Waals surface area contributed by atoms with E-state index in [0.29, 0.717) is 15.3 Å². The fourth-order valence-electron chi connectivity index (χ4n) is 1.28. The highest BCUT2D eigenvalue weighted by Crippen LogP contribution is 2.33. The summed E-state index contributed by atoms with van der Waals surface area (Å²) in [6, 6.07) is 4.65. The van der Waals surface area contributed by atoms with Crippen molar-refractivity contribution in [1.29, 1.82) is 0 Å². The molecule has 0 unspecified atom stereocenters. The fourth-order valence-corrected chi connectivity index (χ4v) is 2.28. The number of hydrogen-bond acceptors (Lipinski definition) is 5. The van der Waals surface area contributed by atoms with Crippen LogP contribution in [0.5, 0.6) is 0 Å². The lowest BCUT2D eigenvalue weighted by atomic mass is 10.3. The number of carbonyl (C=O) groups is 1. The number of rotatable bonds is 2. The van der Waals surface area contributed by atoms with E-state index in [2.05, 4.69) is 10.3 Å². The molecule has 82 valence electrons. The van der Waals surface area contributed by atoms with Crippen LogP contribution in [0.4, 0.5) is 10.8 Å². The van der Waals surface area contributed by atoms with Gasteiger partial charge in [0, 0.05) is 13.0 Å². The van der Waals surface area contributed by atoms with Gasteiger partial charge in [0.2, 0.25) is 5.91 Å². The summed E-state index contributed by atoms with van der Waals surface area (Å²) in [6.07, 6.45) is 0. The molecule has 0 bridgehead atoms. The number of aromatic nitrogens is 1. The monoisotopic (exact) mass is 237 g/mol. The molecule has 0 radical (unpaired) electrons. The van der Waals surface area contributed by atoms with Crippen molar-refractivity contribution in [2.24, 2.45) is 0 Å². The Balaban J connectivity index is 2.56. The van der Waals surface area contributed by atoms with E-state index in [9.17, 15) is 14.9 Å². The van der Waals surface area contributed by atoms with Gasteiger partial charge in [-0.1, -0.05) is 17.4 Å². The van der Waals surface area contributed by atoms with Crippen molar-refractivity contribution in [2.45, 2.75) is 6.92 Å². The van der Waals surface area contributed by atoms with Crippen LogP contribution in [0.1, 0.15) is 6.92 Å². The minimum Gasteiger partial charge on any atom is -0.302 e. The zero-order valence-corrected chi connectivity index (χ0v) is 9.08. The minimum atomic E-state index is -0.460. The fraction of sp³-hybridized carbons (Fsp3) is 0.111. The van der Waals surface area contributed by atoms with Crippen molar-refractivity contribution in [3.05, 3.63) is 28.3 Å². The molecule has 2 rings (SSSR count). The molecular formula is C9H7N3O3S. The summed E-state index contributed by atoms with van der Waals surface area (Å²) in [5.41, 5.74) is 0.523. The third-order valence-electron chi connectivity index (χ3n) is 1.87. The van der Waals surface area contributed by atoms with Crippen molar-refractivity contribution < 1.29 is 9.72 Å². The molecular weight excluding hydrogens is 230 g/mol. The van der Waals surface area contributed by atoms with Crippen molar-refractivity contribution in [3.63, 3.8) is 0 Å². The highest BCUT2D eigenvalue weighted by Gasteiger charge is 2.15. The number of nitrogens with zero attached hydrogens (tertiary/aromatic N) is 2. The standard InChI is InChI=1S/C9H7N3O3S/c1-5(13)10-9-11-6-3-2-4-7(12(14)15)8(6)16-9/h2-4H,1H3,(H,10,11,13). The predicted octanol–water partition coefficient (Wildman–Crippen LogP) is 2.16. The van der Waals surface area contributed by atoms with E-state index in [4.69, 9.17) is 0 Å². The molecule has 1 heterocycles. The van der Waals surface area contributed by atoms with Crippen LogP contribution in [0.3, 0.4) is 0 Å². The Hall–Kier alpha value is -2.02. The van der Waals surface area contributed by atoms with Gasteiger partial charge in [0.15, 0.2) is 5.13 Å². The number of nitro groups is 1. The SMILES string of the molecule is CC(=O)Nc1nc2cccc([N+](=O)[O-])c2s1. The van der Waals surface area contributed by atoms with E-state index < -0.39 is 4.92 Å². The average molecular weight is 237 g/mol. The maximum atomic E-state index is 10.8. The topological polar surface area (TPSA) is 85.1 Å². The molecule has 1 N–H and O–H groups in total. The summed E-state index contributed by atoms with van der Waals surface area (Å²) in [6.45, 7) is 1.36. The molecule has 7 heteroatoms. The first-order chi connectivity index (χ1) is 7.58. The summed E-state index contributed by atoms with van der Waals surface area (Å²) >= 11 is 1.10. The van der Waals surface area contributed by atoms with Crippen molar-refractivity contribution in [1.82, 2.24) is 4.98 Å². The highest BCUT2D eigenvalue weighted by molar-refractivity contribution is 7.22. The van der Waals surface area contributed by atoms with Crippen molar-refractivity contribution in [2.75, 3.05) is 5.32 Å². The van der Waals surface area contributed by atoms with E-state index in [1.807, 2.05) is 0 Å². The van der Waals surface area contributed by atoms with Gasteiger partial charge in [-0.15, -0.1) is 0 Å². The van der Waals surface area contributed by atoms with Gasteiger partial charge in [-0.25, -0.2) is 4.98 Å². The molecule has 1 aromatic carbocycles. The first-order valence-electron chi connectivity index (χ1n) is 4.39. The third-order valence-corrected chi connectivity index (χ3v) is 2.88. The minimum absolute atomic E-state index is 0.00611. The highest BCUT2D eigenvalue weighted by atomic mass is 32.1. The van der Waals surface area contributed by atoms with Crippen LogP contribution in [-0.2, 0) is 4.79 Å². The van der Waals surface area contributed by atoms with Gasteiger partial charge in [0.05, 0.1) is 10.4 Å². The van der Waals surface area contributed by atoms with Crippen LogP contribution in [-0.4, -0.2) is 15.8 Å². The van der Waals surface area contributed by atoms with Crippen LogP contribution < -0.4 is 5.32 Å². The van der Waals surface area contributed by atoms with E-state index in [-0.39, 0.29) is 11.6 Å². The summed E-state index contributed by atoms with van der Waals surface area (Å²) < 4.78 is 0.469. The van der Waals surface area contributed by atoms with Crippen LogP contribution in [0, 0.1) is 10.1 Å². The van der Waals surface area contributed by atoms with Gasteiger partial charge in [0.25, 0.3) is 5.69 Å². The number of hydrogen-bond donors (Lipinski definition) is 1. The maximum absolute atomic E-state index is 10.8. The average Bonchev–Trinajstić information content (AvgIpc) is 2.57. The van der Waals surface area contributed by atoms with Crippen molar-refractivity contribution in [3.8, 4) is 0 Å². The molecule has 0 fully saturated rings. The number of nitrogens with one attached hydrogen (secondary N) is 1. The Kier molecular flexibility index (Phi) is 2.53. The molecule has 2 aromatic rings. The van der Waals surface area contributed by atoms with Crippen LogP contribution in [0.15, 0.2) is 18.2 Å². The number of benzene rings is 1. The first kappa shape index (κ1) is 10.5. The molecule has 0 aliphatic heterocycles. The van der Waals surface area contributed by atoms with Crippen LogP contribution in [0.2, 0.25) is 0 Å². The normalized spacial score (nSPS) is 10.3. The lowest BCUT2D eigenvalue weighted by molar-refractivity contribution is -0.382. The summed E-state index contributed by atoms with van der Waals surface area (Å²) in [4.78, 5) is 25.2. The Labute approximate surface area is 94.1 Å². The summed E-state index contributed by atoms with van der Waals surface area (Å²) in [7, 11) is 0. The number of nitro benzene ring substituents is 1. The van der Waals surface area contributed by atoms with E-state index in [1.165, 1.54) is 13.0 Å². The summed E-state index contributed by atoms with van der Waals surface area (Å²) in [5.74, 6) is -0.248. The van der Waals surface area contributed by atoms with Gasteiger partial charge < -0.3 is 5.32 Å². The second-order valence-electron chi connectivity index (χ2n) is 3.08. The summed E-state index contributed by atoms with van der Waals surface area (Å²) in [5, 5.41) is 13.6. The Morgan fingerprint density at radius 3 is 2.94 bits per heavy atom. The van der Waals surface area contributed by atoms with Crippen LogP contribution >= 0.6 is 11.3 Å². The van der Waals surface area contributed by atoms with E-state index >= 15 is 0 Å². The predicted molar refractivity (Wildman–Crippen MR) is 60.6 cm³/mol. The molecule has 1 aromatic heterocycles. The molecule has 0 atom stereocenters. The van der Waals surface area contributed by atoms with Crippen LogP contribution in [0.25, 0.3) is 10.2 Å². The molecule has 0 spiro atoms. The van der Waals surface area contributed by atoms with E-state index in [1.54, 1.807) is 12.1 Å². The number of non-ortho nitro benzene ring substituents is 1. The quantitative estimate of drug-likeness (QED) is 0.640. The zero-order valence-electron chi connectivity index (χ0n) is 8.26. The Morgan fingerprint density at radius 1 is 1.56 bits per heavy atom.